The second-order valence-corrected chi connectivity index (χ2v) is 7.37. The van der Waals surface area contributed by atoms with E-state index in [0.717, 1.165) is 52.3 Å². The van der Waals surface area contributed by atoms with Crippen LogP contribution in [0.25, 0.3) is 10.9 Å². The number of aromatic nitrogens is 2. The van der Waals surface area contributed by atoms with Gasteiger partial charge in [-0.3, -0.25) is 0 Å². The summed E-state index contributed by atoms with van der Waals surface area (Å²) in [6, 6.07) is 14.4. The zero-order chi connectivity index (χ0) is 17.9. The minimum Gasteiger partial charge on any atom is -0.375 e. The predicted molar refractivity (Wildman–Crippen MR) is 109 cm³/mol. The van der Waals surface area contributed by atoms with Crippen LogP contribution in [0.15, 0.2) is 53.1 Å². The van der Waals surface area contributed by atoms with Gasteiger partial charge in [0.05, 0.1) is 18.2 Å². The van der Waals surface area contributed by atoms with Crippen LogP contribution in [0.1, 0.15) is 12.5 Å². The first-order valence-corrected chi connectivity index (χ1v) is 9.59. The van der Waals surface area contributed by atoms with Crippen LogP contribution in [-0.2, 0) is 11.3 Å². The fraction of sp³-hybridized carbons (Fsp3) is 0.300. The minimum absolute atomic E-state index is 0.255. The maximum absolute atomic E-state index is 5.59. The van der Waals surface area contributed by atoms with Crippen molar-refractivity contribution in [1.29, 1.82) is 0 Å². The van der Waals surface area contributed by atoms with Gasteiger partial charge in [-0.2, -0.15) is 0 Å². The van der Waals surface area contributed by atoms with Gasteiger partial charge in [-0.25, -0.2) is 9.97 Å². The fourth-order valence-electron chi connectivity index (χ4n) is 3.14. The number of rotatable bonds is 4. The van der Waals surface area contributed by atoms with Gasteiger partial charge < -0.3 is 15.0 Å². The van der Waals surface area contributed by atoms with Crippen LogP contribution in [0.4, 0.5) is 11.6 Å². The number of para-hydroxylation sites is 1. The number of hydrogen-bond acceptors (Lipinski definition) is 5. The van der Waals surface area contributed by atoms with E-state index in [0.29, 0.717) is 6.54 Å². The summed E-state index contributed by atoms with van der Waals surface area (Å²) in [6.45, 7) is 5.33. The Morgan fingerprint density at radius 1 is 1.23 bits per heavy atom. The second-order valence-electron chi connectivity index (χ2n) is 6.51. The molecule has 0 aliphatic carbocycles. The quantitative estimate of drug-likeness (QED) is 0.694. The average Bonchev–Trinajstić information content (AvgIpc) is 2.67. The maximum atomic E-state index is 5.59. The molecule has 26 heavy (non-hydrogen) atoms. The van der Waals surface area contributed by atoms with Gasteiger partial charge in [0.1, 0.15) is 11.6 Å². The van der Waals surface area contributed by atoms with E-state index >= 15 is 0 Å². The molecule has 0 bridgehead atoms. The van der Waals surface area contributed by atoms with Gasteiger partial charge in [0.2, 0.25) is 0 Å². The van der Waals surface area contributed by atoms with Gasteiger partial charge in [0.15, 0.2) is 0 Å². The molecule has 1 N–H and O–H groups in total. The zero-order valence-electron chi connectivity index (χ0n) is 14.7. The van der Waals surface area contributed by atoms with Gasteiger partial charge in [-0.1, -0.05) is 18.2 Å². The van der Waals surface area contributed by atoms with Crippen molar-refractivity contribution in [2.45, 2.75) is 19.6 Å². The van der Waals surface area contributed by atoms with Gasteiger partial charge in [-0.05, 0) is 52.7 Å². The Bertz CT molecular complexity index is 900. The number of pyridine rings is 2. The molecule has 1 aliphatic heterocycles. The molecule has 5 nitrogen and oxygen atoms in total. The normalized spacial score (nSPS) is 17.5. The van der Waals surface area contributed by atoms with Crippen LogP contribution >= 0.6 is 15.9 Å². The van der Waals surface area contributed by atoms with E-state index in [-0.39, 0.29) is 6.10 Å². The number of hydrogen-bond donors (Lipinski definition) is 1. The number of anilines is 2. The molecule has 0 amide bonds. The van der Waals surface area contributed by atoms with E-state index in [9.17, 15) is 0 Å². The van der Waals surface area contributed by atoms with Crippen molar-refractivity contribution in [1.82, 2.24) is 9.97 Å². The predicted octanol–water partition coefficient (Wildman–Crippen LogP) is 4.23. The molecule has 6 heteroatoms. The van der Waals surface area contributed by atoms with Crippen LogP contribution in [-0.4, -0.2) is 35.8 Å². The van der Waals surface area contributed by atoms with E-state index in [4.69, 9.17) is 4.74 Å². The number of fused-ring (bicyclic) bond motifs is 1. The number of nitrogens with zero attached hydrogens (tertiary/aromatic N) is 3. The summed E-state index contributed by atoms with van der Waals surface area (Å²) in [5.41, 5.74) is 2.09. The lowest BCUT2D eigenvalue weighted by Gasteiger charge is -2.32. The molecule has 0 spiro atoms. The van der Waals surface area contributed by atoms with E-state index in [1.165, 1.54) is 0 Å². The lowest BCUT2D eigenvalue weighted by molar-refractivity contribution is 0.0529. The number of ether oxygens (including phenoxy) is 1. The van der Waals surface area contributed by atoms with Crippen molar-refractivity contribution in [2.24, 2.45) is 0 Å². The summed E-state index contributed by atoms with van der Waals surface area (Å²) in [4.78, 5) is 11.6. The Morgan fingerprint density at radius 2 is 2.15 bits per heavy atom. The molecule has 2 aromatic heterocycles. The summed E-state index contributed by atoms with van der Waals surface area (Å²) >= 11 is 3.56. The van der Waals surface area contributed by atoms with Gasteiger partial charge in [0, 0.05) is 35.7 Å². The molecular weight excluding hydrogens is 392 g/mol. The molecule has 1 fully saturated rings. The van der Waals surface area contributed by atoms with Crippen LogP contribution in [0.2, 0.25) is 0 Å². The van der Waals surface area contributed by atoms with Crippen LogP contribution in [0.5, 0.6) is 0 Å². The van der Waals surface area contributed by atoms with Crippen molar-refractivity contribution < 1.29 is 4.74 Å². The largest absolute Gasteiger partial charge is 0.375 e. The smallest absolute Gasteiger partial charge is 0.128 e. The molecule has 1 atom stereocenters. The molecular formula is C20H21BrN4O. The van der Waals surface area contributed by atoms with E-state index in [1.807, 2.05) is 24.4 Å². The van der Waals surface area contributed by atoms with E-state index < -0.39 is 0 Å². The SMILES string of the molecule is CC1CN(c2ccc(CNc3ccc4cccc(Br)c4n3)cn2)CCO1. The molecule has 3 heterocycles. The molecule has 3 aromatic rings. The molecule has 4 rings (SSSR count). The first-order valence-electron chi connectivity index (χ1n) is 8.80. The Kier molecular flexibility index (Phi) is 5.04. The Labute approximate surface area is 161 Å². The summed E-state index contributed by atoms with van der Waals surface area (Å²) in [7, 11) is 0. The van der Waals surface area contributed by atoms with Crippen LogP contribution in [0.3, 0.4) is 0 Å². The van der Waals surface area contributed by atoms with Crippen LogP contribution in [0, 0.1) is 0 Å². The average molecular weight is 413 g/mol. The lowest BCUT2D eigenvalue weighted by atomic mass is 10.2. The number of benzene rings is 1. The standard InChI is InChI=1S/C20H21BrN4O/c1-14-13-25(9-10-26-14)19-8-5-15(12-23-19)11-22-18-7-6-16-3-2-4-17(21)20(16)24-18/h2-8,12,14H,9-11,13H2,1H3,(H,22,24). The third-order valence-corrected chi connectivity index (χ3v) is 5.16. The summed E-state index contributed by atoms with van der Waals surface area (Å²) < 4.78 is 6.59. The van der Waals surface area contributed by atoms with Gasteiger partial charge >= 0.3 is 0 Å². The second kappa shape index (κ2) is 7.60. The Balaban J connectivity index is 1.42. The third kappa shape index (κ3) is 3.81. The fourth-order valence-corrected chi connectivity index (χ4v) is 3.61. The van der Waals surface area contributed by atoms with Crippen molar-refractivity contribution in [3.8, 4) is 0 Å². The highest BCUT2D eigenvalue weighted by Gasteiger charge is 2.17. The van der Waals surface area contributed by atoms with Crippen molar-refractivity contribution in [2.75, 3.05) is 29.9 Å². The first-order chi connectivity index (χ1) is 12.7. The Morgan fingerprint density at radius 3 is 2.96 bits per heavy atom. The molecule has 1 saturated heterocycles. The monoisotopic (exact) mass is 412 g/mol. The summed E-state index contributed by atoms with van der Waals surface area (Å²) in [5, 5.41) is 4.50. The number of halogens is 1. The van der Waals surface area contributed by atoms with Crippen LogP contribution < -0.4 is 10.2 Å². The summed E-state index contributed by atoms with van der Waals surface area (Å²) in [6.07, 6.45) is 2.18. The molecule has 134 valence electrons. The van der Waals surface area contributed by atoms with E-state index in [2.05, 4.69) is 67.3 Å². The maximum Gasteiger partial charge on any atom is 0.128 e. The molecule has 1 aliphatic rings. The van der Waals surface area contributed by atoms with E-state index in [1.54, 1.807) is 0 Å². The lowest BCUT2D eigenvalue weighted by Crippen LogP contribution is -2.41. The molecule has 1 aromatic carbocycles. The summed E-state index contributed by atoms with van der Waals surface area (Å²) in [5.74, 6) is 1.87. The minimum atomic E-state index is 0.255. The number of morpholine rings is 1. The van der Waals surface area contributed by atoms with Gasteiger partial charge in [0.25, 0.3) is 0 Å². The van der Waals surface area contributed by atoms with Gasteiger partial charge in [-0.15, -0.1) is 0 Å². The van der Waals surface area contributed by atoms with Crippen molar-refractivity contribution in [3.63, 3.8) is 0 Å². The molecule has 0 saturated carbocycles. The highest BCUT2D eigenvalue weighted by atomic mass is 79.9. The van der Waals surface area contributed by atoms with Crippen molar-refractivity contribution >= 4 is 38.5 Å². The molecule has 1 unspecified atom stereocenters. The zero-order valence-corrected chi connectivity index (χ0v) is 16.2. The molecule has 0 radical (unpaired) electrons. The Hall–Kier alpha value is -2.18. The van der Waals surface area contributed by atoms with Crippen molar-refractivity contribution in [3.05, 3.63) is 58.7 Å². The number of nitrogens with one attached hydrogen (secondary N) is 1. The highest BCUT2D eigenvalue weighted by molar-refractivity contribution is 9.10. The topological polar surface area (TPSA) is 50.3 Å². The highest BCUT2D eigenvalue weighted by Crippen LogP contribution is 2.23. The first kappa shape index (κ1) is 17.2. The third-order valence-electron chi connectivity index (χ3n) is 4.52.